The van der Waals surface area contributed by atoms with Crippen LogP contribution in [-0.2, 0) is 19.4 Å². The van der Waals surface area contributed by atoms with Crippen LogP contribution in [-0.4, -0.2) is 22.5 Å². The van der Waals surface area contributed by atoms with Gasteiger partial charge in [0.2, 0.25) is 0 Å². The van der Waals surface area contributed by atoms with Gasteiger partial charge in [-0.25, -0.2) is 0 Å². The maximum absolute atomic E-state index is 12.7. The van der Waals surface area contributed by atoms with E-state index in [0.717, 1.165) is 19.4 Å². The Bertz CT molecular complexity index is 669. The van der Waals surface area contributed by atoms with Crippen molar-refractivity contribution in [1.82, 2.24) is 10.1 Å². The van der Waals surface area contributed by atoms with Crippen molar-refractivity contribution >= 4 is 5.91 Å². The molecule has 1 amide bonds. The molecule has 0 saturated carbocycles. The highest BCUT2D eigenvalue weighted by molar-refractivity contribution is 5.96. The van der Waals surface area contributed by atoms with Crippen LogP contribution >= 0.6 is 0 Å². The van der Waals surface area contributed by atoms with Gasteiger partial charge < -0.3 is 9.42 Å². The molecule has 110 valence electrons. The standard InChI is InChI=1S/C17H20N2O2/c1-4-13-5-6-14-7-8-19(10-15(14)9-13)17(20)16-11(2)18-21-12(16)3/h5-6,9H,4,7-8,10H2,1-3H3. The normalized spacial score (nSPS) is 14.1. The quantitative estimate of drug-likeness (QED) is 0.851. The van der Waals surface area contributed by atoms with E-state index < -0.39 is 0 Å². The number of carbonyl (C=O) groups excluding carboxylic acids is 1. The monoisotopic (exact) mass is 284 g/mol. The molecule has 2 heterocycles. The second kappa shape index (κ2) is 5.35. The zero-order valence-electron chi connectivity index (χ0n) is 12.8. The lowest BCUT2D eigenvalue weighted by Crippen LogP contribution is -2.36. The van der Waals surface area contributed by atoms with E-state index >= 15 is 0 Å². The van der Waals surface area contributed by atoms with Gasteiger partial charge in [0, 0.05) is 13.1 Å². The largest absolute Gasteiger partial charge is 0.361 e. The van der Waals surface area contributed by atoms with E-state index in [1.54, 1.807) is 6.92 Å². The SMILES string of the molecule is CCc1ccc2c(c1)CN(C(=O)c1c(C)noc1C)CC2. The van der Waals surface area contributed by atoms with Crippen LogP contribution in [0.2, 0.25) is 0 Å². The average molecular weight is 284 g/mol. The molecule has 0 fully saturated rings. The van der Waals surface area contributed by atoms with Crippen LogP contribution < -0.4 is 0 Å². The smallest absolute Gasteiger partial charge is 0.259 e. The number of aromatic nitrogens is 1. The third kappa shape index (κ3) is 2.46. The first-order valence-electron chi connectivity index (χ1n) is 7.43. The summed E-state index contributed by atoms with van der Waals surface area (Å²) in [6, 6.07) is 6.61. The van der Waals surface area contributed by atoms with Gasteiger partial charge in [-0.1, -0.05) is 30.3 Å². The van der Waals surface area contributed by atoms with E-state index in [1.807, 2.05) is 11.8 Å². The lowest BCUT2D eigenvalue weighted by Gasteiger charge is -2.29. The first-order chi connectivity index (χ1) is 10.1. The number of carbonyl (C=O) groups is 1. The molecular formula is C17H20N2O2. The van der Waals surface area contributed by atoms with Gasteiger partial charge in [0.05, 0.1) is 5.69 Å². The fourth-order valence-corrected chi connectivity index (χ4v) is 2.95. The molecule has 4 nitrogen and oxygen atoms in total. The highest BCUT2D eigenvalue weighted by Gasteiger charge is 2.26. The van der Waals surface area contributed by atoms with Gasteiger partial charge in [-0.05, 0) is 43.4 Å². The zero-order chi connectivity index (χ0) is 15.0. The highest BCUT2D eigenvalue weighted by Crippen LogP contribution is 2.24. The van der Waals surface area contributed by atoms with E-state index in [1.165, 1.54) is 16.7 Å². The second-order valence-electron chi connectivity index (χ2n) is 5.63. The fraction of sp³-hybridized carbons (Fsp3) is 0.412. The minimum absolute atomic E-state index is 0.0267. The van der Waals surface area contributed by atoms with Gasteiger partial charge in [0.1, 0.15) is 11.3 Å². The van der Waals surface area contributed by atoms with Gasteiger partial charge in [0.15, 0.2) is 0 Å². The van der Waals surface area contributed by atoms with E-state index in [9.17, 15) is 4.79 Å². The van der Waals surface area contributed by atoms with E-state index in [2.05, 4.69) is 30.3 Å². The molecule has 21 heavy (non-hydrogen) atoms. The summed E-state index contributed by atoms with van der Waals surface area (Å²) in [6.45, 7) is 7.18. The maximum Gasteiger partial charge on any atom is 0.259 e. The van der Waals surface area contributed by atoms with Crippen molar-refractivity contribution in [2.75, 3.05) is 6.54 Å². The van der Waals surface area contributed by atoms with Crippen molar-refractivity contribution in [2.45, 2.75) is 40.2 Å². The van der Waals surface area contributed by atoms with Gasteiger partial charge in [-0.2, -0.15) is 0 Å². The van der Waals surface area contributed by atoms with Gasteiger partial charge in [-0.3, -0.25) is 4.79 Å². The third-order valence-corrected chi connectivity index (χ3v) is 4.23. The van der Waals surface area contributed by atoms with Crippen LogP contribution in [0.1, 0.15) is 45.4 Å². The molecule has 0 atom stereocenters. The Morgan fingerprint density at radius 2 is 2.14 bits per heavy atom. The number of rotatable bonds is 2. The Labute approximate surface area is 124 Å². The summed E-state index contributed by atoms with van der Waals surface area (Å²) < 4.78 is 5.12. The topological polar surface area (TPSA) is 46.3 Å². The Kier molecular flexibility index (Phi) is 3.53. The molecule has 0 aliphatic carbocycles. The second-order valence-corrected chi connectivity index (χ2v) is 5.63. The lowest BCUT2D eigenvalue weighted by atomic mass is 9.96. The predicted octanol–water partition coefficient (Wildman–Crippen LogP) is 3.05. The van der Waals surface area contributed by atoms with E-state index in [0.29, 0.717) is 23.6 Å². The van der Waals surface area contributed by atoms with Crippen LogP contribution in [0.4, 0.5) is 0 Å². The van der Waals surface area contributed by atoms with Crippen LogP contribution in [0, 0.1) is 13.8 Å². The molecule has 1 aliphatic heterocycles. The molecule has 1 aromatic heterocycles. The molecule has 4 heteroatoms. The van der Waals surface area contributed by atoms with E-state index in [-0.39, 0.29) is 5.91 Å². The predicted molar refractivity (Wildman–Crippen MR) is 80.2 cm³/mol. The van der Waals surface area contributed by atoms with Crippen LogP contribution in [0.15, 0.2) is 22.7 Å². The molecule has 0 unspecified atom stereocenters. The Balaban J connectivity index is 1.87. The molecule has 1 aromatic carbocycles. The highest BCUT2D eigenvalue weighted by atomic mass is 16.5. The lowest BCUT2D eigenvalue weighted by molar-refractivity contribution is 0.0732. The molecule has 0 bridgehead atoms. The van der Waals surface area contributed by atoms with Crippen LogP contribution in [0.3, 0.4) is 0 Å². The minimum atomic E-state index is 0.0267. The molecule has 0 N–H and O–H groups in total. The molecule has 1 aliphatic rings. The third-order valence-electron chi connectivity index (χ3n) is 4.23. The van der Waals surface area contributed by atoms with Crippen molar-refractivity contribution in [3.05, 3.63) is 51.9 Å². The fourth-order valence-electron chi connectivity index (χ4n) is 2.95. The number of aryl methyl sites for hydroxylation is 3. The molecule has 2 aromatic rings. The summed E-state index contributed by atoms with van der Waals surface area (Å²) >= 11 is 0. The molecule has 0 radical (unpaired) electrons. The Hall–Kier alpha value is -2.10. The number of nitrogens with zero attached hydrogens (tertiary/aromatic N) is 2. The molecule has 0 spiro atoms. The summed E-state index contributed by atoms with van der Waals surface area (Å²) in [5.41, 5.74) is 5.23. The minimum Gasteiger partial charge on any atom is -0.361 e. The van der Waals surface area contributed by atoms with Crippen molar-refractivity contribution < 1.29 is 9.32 Å². The molecular weight excluding hydrogens is 264 g/mol. The average Bonchev–Trinajstić information content (AvgIpc) is 2.84. The first kappa shape index (κ1) is 13.9. The van der Waals surface area contributed by atoms with E-state index in [4.69, 9.17) is 4.52 Å². The van der Waals surface area contributed by atoms with Crippen molar-refractivity contribution in [3.8, 4) is 0 Å². The summed E-state index contributed by atoms with van der Waals surface area (Å²) in [6.07, 6.45) is 1.93. The summed E-state index contributed by atoms with van der Waals surface area (Å²) in [5.74, 6) is 0.629. The van der Waals surface area contributed by atoms with Crippen LogP contribution in [0.5, 0.6) is 0 Å². The Morgan fingerprint density at radius 3 is 2.81 bits per heavy atom. The Morgan fingerprint density at radius 1 is 1.33 bits per heavy atom. The van der Waals surface area contributed by atoms with Crippen molar-refractivity contribution in [3.63, 3.8) is 0 Å². The zero-order valence-corrected chi connectivity index (χ0v) is 12.8. The van der Waals surface area contributed by atoms with Crippen LogP contribution in [0.25, 0.3) is 0 Å². The summed E-state index contributed by atoms with van der Waals surface area (Å²) in [4.78, 5) is 14.6. The number of hydrogen-bond acceptors (Lipinski definition) is 3. The maximum atomic E-state index is 12.7. The number of hydrogen-bond donors (Lipinski definition) is 0. The molecule has 3 rings (SSSR count). The first-order valence-corrected chi connectivity index (χ1v) is 7.43. The number of amides is 1. The van der Waals surface area contributed by atoms with Gasteiger partial charge in [-0.15, -0.1) is 0 Å². The molecule has 0 saturated heterocycles. The van der Waals surface area contributed by atoms with Crippen molar-refractivity contribution in [2.24, 2.45) is 0 Å². The summed E-state index contributed by atoms with van der Waals surface area (Å²) in [7, 11) is 0. The van der Waals surface area contributed by atoms with Gasteiger partial charge >= 0.3 is 0 Å². The van der Waals surface area contributed by atoms with Gasteiger partial charge in [0.25, 0.3) is 5.91 Å². The van der Waals surface area contributed by atoms with Crippen molar-refractivity contribution in [1.29, 1.82) is 0 Å². The number of fused-ring (bicyclic) bond motifs is 1. The number of benzene rings is 1. The summed E-state index contributed by atoms with van der Waals surface area (Å²) in [5, 5.41) is 3.88.